The van der Waals surface area contributed by atoms with Crippen LogP contribution in [0.25, 0.3) is 0 Å². The summed E-state index contributed by atoms with van der Waals surface area (Å²) in [6.45, 7) is 2.35. The summed E-state index contributed by atoms with van der Waals surface area (Å²) < 4.78 is 13.2. The molecule has 0 aromatic heterocycles. The van der Waals surface area contributed by atoms with Crippen molar-refractivity contribution in [1.29, 1.82) is 0 Å². The zero-order valence-corrected chi connectivity index (χ0v) is 9.54. The summed E-state index contributed by atoms with van der Waals surface area (Å²) in [6, 6.07) is 4.55. The number of aryl methyl sites for hydroxylation is 1. The van der Waals surface area contributed by atoms with Gasteiger partial charge >= 0.3 is 0 Å². The van der Waals surface area contributed by atoms with Crippen LogP contribution in [0.3, 0.4) is 0 Å². The SMILES string of the molecule is Cc1ccc(F)cc1C(O)C1(CN)CCC1. The van der Waals surface area contributed by atoms with E-state index in [1.165, 1.54) is 12.1 Å². The zero-order valence-electron chi connectivity index (χ0n) is 9.54. The van der Waals surface area contributed by atoms with Crippen LogP contribution in [-0.4, -0.2) is 11.7 Å². The van der Waals surface area contributed by atoms with Crippen molar-refractivity contribution in [3.05, 3.63) is 35.1 Å². The Hall–Kier alpha value is -0.930. The fraction of sp³-hybridized carbons (Fsp3) is 0.538. The lowest BCUT2D eigenvalue weighted by Gasteiger charge is -2.45. The maximum absolute atomic E-state index is 13.2. The van der Waals surface area contributed by atoms with Gasteiger partial charge in [0, 0.05) is 12.0 Å². The van der Waals surface area contributed by atoms with Crippen LogP contribution < -0.4 is 5.73 Å². The van der Waals surface area contributed by atoms with Crippen molar-refractivity contribution >= 4 is 0 Å². The van der Waals surface area contributed by atoms with Crippen molar-refractivity contribution in [3.63, 3.8) is 0 Å². The molecule has 1 aromatic carbocycles. The van der Waals surface area contributed by atoms with Gasteiger partial charge in [0.05, 0.1) is 6.10 Å². The van der Waals surface area contributed by atoms with Gasteiger partial charge in [0.15, 0.2) is 0 Å². The molecule has 0 bridgehead atoms. The Kier molecular flexibility index (Phi) is 3.00. The topological polar surface area (TPSA) is 46.2 Å². The predicted octanol–water partition coefficient (Wildman–Crippen LogP) is 2.30. The fourth-order valence-electron chi connectivity index (χ4n) is 2.46. The van der Waals surface area contributed by atoms with Crippen LogP contribution in [0.15, 0.2) is 18.2 Å². The summed E-state index contributed by atoms with van der Waals surface area (Å²) in [5.41, 5.74) is 7.13. The maximum atomic E-state index is 13.2. The van der Waals surface area contributed by atoms with E-state index in [0.29, 0.717) is 12.1 Å². The molecule has 1 aromatic rings. The second kappa shape index (κ2) is 4.15. The van der Waals surface area contributed by atoms with Crippen LogP contribution in [0.1, 0.15) is 36.5 Å². The average molecular weight is 223 g/mol. The molecule has 0 spiro atoms. The number of benzene rings is 1. The third-order valence-corrected chi connectivity index (χ3v) is 3.87. The molecule has 88 valence electrons. The lowest BCUT2D eigenvalue weighted by molar-refractivity contribution is -0.0301. The summed E-state index contributed by atoms with van der Waals surface area (Å²) >= 11 is 0. The Balaban J connectivity index is 2.32. The second-order valence-electron chi connectivity index (χ2n) is 4.82. The Morgan fingerprint density at radius 3 is 2.69 bits per heavy atom. The second-order valence-corrected chi connectivity index (χ2v) is 4.82. The third kappa shape index (κ3) is 1.74. The van der Waals surface area contributed by atoms with Crippen molar-refractivity contribution in [3.8, 4) is 0 Å². The molecule has 1 aliphatic rings. The molecule has 3 N–H and O–H groups in total. The minimum absolute atomic E-state index is 0.224. The van der Waals surface area contributed by atoms with E-state index in [-0.39, 0.29) is 11.2 Å². The largest absolute Gasteiger partial charge is 0.388 e. The molecule has 0 aliphatic heterocycles. The Morgan fingerprint density at radius 2 is 2.19 bits per heavy atom. The highest BCUT2D eigenvalue weighted by atomic mass is 19.1. The molecule has 1 saturated carbocycles. The van der Waals surface area contributed by atoms with Gasteiger partial charge in [0.25, 0.3) is 0 Å². The van der Waals surface area contributed by atoms with Gasteiger partial charge < -0.3 is 10.8 Å². The maximum Gasteiger partial charge on any atom is 0.123 e. The average Bonchev–Trinajstić information content (AvgIpc) is 2.21. The lowest BCUT2D eigenvalue weighted by atomic mass is 9.63. The van der Waals surface area contributed by atoms with Crippen LogP contribution >= 0.6 is 0 Å². The number of hydrogen-bond donors (Lipinski definition) is 2. The minimum Gasteiger partial charge on any atom is -0.388 e. The van der Waals surface area contributed by atoms with Gasteiger partial charge in [0.1, 0.15) is 5.82 Å². The Labute approximate surface area is 95.3 Å². The summed E-state index contributed by atoms with van der Waals surface area (Å²) in [6.07, 6.45) is 2.33. The molecule has 0 heterocycles. The Morgan fingerprint density at radius 1 is 1.50 bits per heavy atom. The summed E-state index contributed by atoms with van der Waals surface area (Å²) in [5, 5.41) is 10.3. The van der Waals surface area contributed by atoms with E-state index in [1.807, 2.05) is 6.92 Å². The van der Waals surface area contributed by atoms with Crippen LogP contribution in [0.2, 0.25) is 0 Å². The molecular weight excluding hydrogens is 205 g/mol. The molecule has 16 heavy (non-hydrogen) atoms. The van der Waals surface area contributed by atoms with Gasteiger partial charge in [-0.15, -0.1) is 0 Å². The number of aliphatic hydroxyl groups is 1. The van der Waals surface area contributed by atoms with Crippen LogP contribution in [0.4, 0.5) is 4.39 Å². The number of nitrogens with two attached hydrogens (primary N) is 1. The number of hydrogen-bond acceptors (Lipinski definition) is 2. The molecule has 1 atom stereocenters. The zero-order chi connectivity index (χ0) is 11.8. The summed E-state index contributed by atoms with van der Waals surface area (Å²) in [7, 11) is 0. The predicted molar refractivity (Wildman–Crippen MR) is 61.4 cm³/mol. The number of aliphatic hydroxyl groups excluding tert-OH is 1. The summed E-state index contributed by atoms with van der Waals surface area (Å²) in [4.78, 5) is 0. The van der Waals surface area contributed by atoms with Gasteiger partial charge in [-0.2, -0.15) is 0 Å². The number of rotatable bonds is 3. The van der Waals surface area contributed by atoms with E-state index < -0.39 is 6.10 Å². The smallest absolute Gasteiger partial charge is 0.123 e. The third-order valence-electron chi connectivity index (χ3n) is 3.87. The van der Waals surface area contributed by atoms with Crippen LogP contribution in [0, 0.1) is 18.2 Å². The molecule has 1 fully saturated rings. The molecular formula is C13H18FNO. The van der Waals surface area contributed by atoms with Gasteiger partial charge in [-0.05, 0) is 43.0 Å². The molecule has 2 rings (SSSR count). The van der Waals surface area contributed by atoms with Crippen molar-refractivity contribution < 1.29 is 9.50 Å². The molecule has 0 saturated heterocycles. The Bertz CT molecular complexity index is 382. The number of halogens is 1. The molecule has 0 amide bonds. The van der Waals surface area contributed by atoms with Gasteiger partial charge in [-0.1, -0.05) is 12.5 Å². The molecule has 0 radical (unpaired) electrons. The van der Waals surface area contributed by atoms with Crippen molar-refractivity contribution in [2.45, 2.75) is 32.3 Å². The van der Waals surface area contributed by atoms with Crippen molar-refractivity contribution in [2.75, 3.05) is 6.54 Å². The van der Waals surface area contributed by atoms with Gasteiger partial charge in [-0.25, -0.2) is 4.39 Å². The van der Waals surface area contributed by atoms with E-state index in [2.05, 4.69) is 0 Å². The van der Waals surface area contributed by atoms with Crippen molar-refractivity contribution in [1.82, 2.24) is 0 Å². The minimum atomic E-state index is -0.637. The van der Waals surface area contributed by atoms with E-state index in [0.717, 1.165) is 24.8 Å². The monoisotopic (exact) mass is 223 g/mol. The van der Waals surface area contributed by atoms with E-state index in [4.69, 9.17) is 5.73 Å². The van der Waals surface area contributed by atoms with E-state index >= 15 is 0 Å². The first-order chi connectivity index (χ1) is 7.59. The lowest BCUT2D eigenvalue weighted by Crippen LogP contribution is -2.42. The molecule has 1 aliphatic carbocycles. The van der Waals surface area contributed by atoms with E-state index in [9.17, 15) is 9.50 Å². The van der Waals surface area contributed by atoms with Crippen molar-refractivity contribution in [2.24, 2.45) is 11.1 Å². The molecule has 3 heteroatoms. The van der Waals surface area contributed by atoms with Gasteiger partial charge in [0.2, 0.25) is 0 Å². The standard InChI is InChI=1S/C13H18FNO/c1-9-3-4-10(14)7-11(9)12(16)13(8-15)5-2-6-13/h3-4,7,12,16H,2,5-6,8,15H2,1H3. The highest BCUT2D eigenvalue weighted by Gasteiger charge is 2.43. The molecule has 2 nitrogen and oxygen atoms in total. The highest BCUT2D eigenvalue weighted by molar-refractivity contribution is 5.30. The first kappa shape index (κ1) is 11.6. The quantitative estimate of drug-likeness (QED) is 0.826. The fourth-order valence-corrected chi connectivity index (χ4v) is 2.46. The van der Waals surface area contributed by atoms with Crippen LogP contribution in [0.5, 0.6) is 0 Å². The van der Waals surface area contributed by atoms with Gasteiger partial charge in [-0.3, -0.25) is 0 Å². The highest BCUT2D eigenvalue weighted by Crippen LogP contribution is 2.49. The normalized spacial score (nSPS) is 20.2. The van der Waals surface area contributed by atoms with E-state index in [1.54, 1.807) is 6.07 Å². The summed E-state index contributed by atoms with van der Waals surface area (Å²) in [5.74, 6) is -0.300. The van der Waals surface area contributed by atoms with Crippen LogP contribution in [-0.2, 0) is 0 Å². The molecule has 1 unspecified atom stereocenters. The first-order valence-electron chi connectivity index (χ1n) is 5.73. The first-order valence-corrected chi connectivity index (χ1v) is 5.73.